The van der Waals surface area contributed by atoms with Gasteiger partial charge >= 0.3 is 116 Å². The van der Waals surface area contributed by atoms with Gasteiger partial charge in [-0.2, -0.15) is 0 Å². The quantitative estimate of drug-likeness (QED) is 0.0134. The van der Waals surface area contributed by atoms with Gasteiger partial charge in [-0.3, -0.25) is 9.59 Å². The summed E-state index contributed by atoms with van der Waals surface area (Å²) >= 11 is 0. The Morgan fingerprint density at radius 1 is 0.634 bits per heavy atom. The maximum absolute atomic E-state index is 13.8. The zero-order chi connectivity index (χ0) is 47.8. The molecule has 0 aliphatic heterocycles. The van der Waals surface area contributed by atoms with Gasteiger partial charge in [-0.15, -0.1) is 0 Å². The molecule has 2 heterocycles. The molecule has 0 radical (unpaired) electrons. The molecule has 17 nitrogen and oxygen atoms in total. The molecule has 71 heavy (non-hydrogen) atoms. The second kappa shape index (κ2) is 25.3. The normalized spacial score (nSPS) is 11.5. The summed E-state index contributed by atoms with van der Waals surface area (Å²) in [6.45, 7) is 1.95. The number of esters is 1. The fourth-order valence-corrected chi connectivity index (χ4v) is 10.7. The van der Waals surface area contributed by atoms with Gasteiger partial charge in [0.15, 0.2) is 37.9 Å². The van der Waals surface area contributed by atoms with Crippen molar-refractivity contribution in [2.45, 2.75) is 41.1 Å². The zero-order valence-electron chi connectivity index (χ0n) is 38.1. The molecule has 0 fully saturated rings. The van der Waals surface area contributed by atoms with Crippen LogP contribution in [0.2, 0.25) is 0 Å². The summed E-state index contributed by atoms with van der Waals surface area (Å²) in [4.78, 5) is 22.6. The molecule has 0 saturated carbocycles. The number of rotatable bonds is 16. The number of nitrogens with zero attached hydrogens (tertiary/aromatic N) is 2. The zero-order valence-corrected chi connectivity index (χ0v) is 49.1. The molecule has 0 saturated heterocycles. The summed E-state index contributed by atoms with van der Waals surface area (Å²) in [7, 11) is -16.7. The Hall–Kier alpha value is -2.64. The molecule has 8 rings (SSSR count). The van der Waals surface area contributed by atoms with Gasteiger partial charge in [-0.05, 0) is 53.3 Å². The predicted octanol–water partition coefficient (Wildman–Crippen LogP) is -9.55. The third-order valence-corrected chi connectivity index (χ3v) is 14.3. The minimum absolute atomic E-state index is 0. The van der Waals surface area contributed by atoms with Crippen molar-refractivity contribution in [1.82, 2.24) is 10.0 Å². The molecule has 0 spiro atoms. The number of nitrogens with one attached hydrogen (secondary N) is 2. The molecule has 8 aromatic rings. The van der Waals surface area contributed by atoms with Gasteiger partial charge in [0, 0.05) is 93.3 Å². The first-order valence-corrected chi connectivity index (χ1v) is 24.8. The number of halogens is 2. The van der Waals surface area contributed by atoms with Crippen molar-refractivity contribution in [2.24, 2.45) is 0 Å². The number of sulfonamides is 1. The van der Waals surface area contributed by atoms with Crippen LogP contribution in [0.3, 0.4) is 0 Å². The molecular formula is C46H39BBrClK2N4O13S3. The first-order valence-electron chi connectivity index (χ1n) is 20.5. The van der Waals surface area contributed by atoms with Crippen LogP contribution in [0.1, 0.15) is 34.8 Å². The van der Waals surface area contributed by atoms with E-state index in [1.807, 2.05) is 76.4 Å². The Labute approximate surface area is 511 Å². The molecule has 0 aliphatic carbocycles. The van der Waals surface area contributed by atoms with E-state index in [0.29, 0.717) is 30.2 Å². The van der Waals surface area contributed by atoms with Crippen molar-refractivity contribution < 1.29 is 200 Å². The van der Waals surface area contributed by atoms with Crippen molar-refractivity contribution in [3.8, 4) is 16.9 Å². The molecule has 4 N–H and O–H groups in total. The number of hydrogen-bond acceptors (Lipinski definition) is 13. The van der Waals surface area contributed by atoms with Crippen LogP contribution in [0, 0.1) is 0 Å². The van der Waals surface area contributed by atoms with Crippen molar-refractivity contribution in [1.29, 1.82) is 0 Å². The molecule has 6 aromatic carbocycles. The molecule has 358 valence electrons. The van der Waals surface area contributed by atoms with Crippen LogP contribution < -0.4 is 162 Å². The minimum Gasteiger partial charge on any atom is -1.00 e. The Balaban J connectivity index is 0.00000274. The van der Waals surface area contributed by atoms with Crippen LogP contribution >= 0.6 is 0 Å². The van der Waals surface area contributed by atoms with Crippen molar-refractivity contribution >= 4 is 87.0 Å². The molecule has 0 atom stereocenters. The summed E-state index contributed by atoms with van der Waals surface area (Å²) in [5, 5.41) is 20.9. The first-order chi connectivity index (χ1) is 31.8. The second-order valence-electron chi connectivity index (χ2n) is 15.7. The molecular weight excluding hydrogens is 1120 g/mol. The maximum Gasteiger partial charge on any atom is 1.00 e. The average molecular weight is 1160 g/mol. The van der Waals surface area contributed by atoms with Gasteiger partial charge in [-0.1, -0.05) is 54.6 Å². The van der Waals surface area contributed by atoms with Crippen LogP contribution in [-0.4, -0.2) is 76.5 Å². The topological polar surface area (TPSA) is 264 Å². The van der Waals surface area contributed by atoms with Crippen molar-refractivity contribution in [3.05, 3.63) is 151 Å². The van der Waals surface area contributed by atoms with E-state index in [9.17, 15) is 54.0 Å². The van der Waals surface area contributed by atoms with E-state index in [0.717, 1.165) is 47.4 Å². The van der Waals surface area contributed by atoms with Gasteiger partial charge < -0.3 is 58.6 Å². The van der Waals surface area contributed by atoms with E-state index in [-0.39, 0.29) is 190 Å². The average Bonchev–Trinajstić information content (AvgIpc) is 3.28. The fraction of sp³-hybridized carbons (Fsp3) is 0.130. The summed E-state index contributed by atoms with van der Waals surface area (Å²) in [6.07, 6.45) is 7.92. The van der Waals surface area contributed by atoms with Crippen LogP contribution in [0.25, 0.3) is 43.4 Å². The number of pyridine rings is 2. The Morgan fingerprint density at radius 2 is 1.13 bits per heavy atom. The number of carbonyl (C=O) groups excluding carboxylic acids is 2. The summed E-state index contributed by atoms with van der Waals surface area (Å²) < 4.78 is 114. The van der Waals surface area contributed by atoms with Gasteiger partial charge in [0.25, 0.3) is 5.91 Å². The van der Waals surface area contributed by atoms with E-state index in [4.69, 9.17) is 4.74 Å². The number of benzene rings is 6. The van der Waals surface area contributed by atoms with Gasteiger partial charge in [0.05, 0.1) is 14.7 Å². The third-order valence-electron chi connectivity index (χ3n) is 11.1. The number of aromatic nitrogens is 2. The summed E-state index contributed by atoms with van der Waals surface area (Å²) in [5.74, 6) is -1.63. The maximum atomic E-state index is 13.8. The summed E-state index contributed by atoms with van der Waals surface area (Å²) in [6, 6.07) is 28.5. The molecule has 2 aromatic heterocycles. The van der Waals surface area contributed by atoms with E-state index >= 15 is 0 Å². The molecule has 1 amide bonds. The van der Waals surface area contributed by atoms with Gasteiger partial charge in [0.1, 0.15) is 26.0 Å². The Morgan fingerprint density at radius 3 is 1.65 bits per heavy atom. The fourth-order valence-electron chi connectivity index (χ4n) is 7.96. The van der Waals surface area contributed by atoms with Crippen LogP contribution in [0.15, 0.2) is 149 Å². The number of amides is 1. The van der Waals surface area contributed by atoms with Crippen LogP contribution in [-0.2, 0) is 48.1 Å². The largest absolute Gasteiger partial charge is 1.00 e. The van der Waals surface area contributed by atoms with Crippen LogP contribution in [0.5, 0.6) is 5.75 Å². The van der Waals surface area contributed by atoms with E-state index < -0.39 is 63.9 Å². The minimum atomic E-state index is -5.35. The third kappa shape index (κ3) is 14.2. The van der Waals surface area contributed by atoms with Crippen molar-refractivity contribution in [3.63, 3.8) is 0 Å². The Bertz CT molecular complexity index is 3590. The monoisotopic (exact) mass is 1150 g/mol. The van der Waals surface area contributed by atoms with E-state index in [1.54, 1.807) is 30.3 Å². The van der Waals surface area contributed by atoms with E-state index in [2.05, 4.69) is 10.0 Å². The van der Waals surface area contributed by atoms with E-state index in [1.165, 1.54) is 12.1 Å². The molecule has 0 bridgehead atoms. The molecule has 25 heteroatoms. The number of hydrogen-bond donors (Lipinski definition) is 4. The smallest absolute Gasteiger partial charge is 1.00 e. The van der Waals surface area contributed by atoms with Gasteiger partial charge in [-0.25, -0.2) is 39.1 Å². The Kier molecular flexibility index (Phi) is 21.7. The number of carbonyl (C=O) groups is 2. The predicted molar refractivity (Wildman–Crippen MR) is 243 cm³/mol. The molecule has 0 unspecified atom stereocenters. The first kappa shape index (κ1) is 60.9. The van der Waals surface area contributed by atoms with Crippen LogP contribution in [0.4, 0.5) is 0 Å². The standard InChI is InChI=1S/C46H39BN4O13S3.BrH.ClH.2K/c1-29(52)64-40-25-42(66(58,59)60)38-12-13-39-43(67(61,62)63)26-41(37-11-10-36(40)44(38)45(37)39)65(56,57)49-19-3-18-48-46(53)34-8-6-30(7-9-34)27-50-20-14-32(15-21-50)33-16-22-51(23-17-33)28-31-4-2-5-35(24-31)47(54)55;;;;/h2,4-17,20-26,49,54-55H,3,18-19,27-28H2,1H3,(H-2,48,53,58,59,60,61,62,63);2*1H;;/q;;;2*+1/p-2. The molecule has 0 aliphatic rings. The SMILES string of the molecule is CC(=O)Oc1cc(S(=O)(=O)[O-])c2ccc3c(S(=O)(=O)[O-])cc(S(=O)(=O)NCCCNC(=O)c4ccc(C[n+]5ccc(-c6cc[n+](Cc7cccc(B(O)O)c7)cc6)cc5)cc4)c4ccc1c2c34.[Br-].[Cl-].[K+].[K+]. The second-order valence-corrected chi connectivity index (χ2v) is 20.1. The summed E-state index contributed by atoms with van der Waals surface area (Å²) in [5.41, 5.74) is 4.70. The van der Waals surface area contributed by atoms with Crippen molar-refractivity contribution in [2.75, 3.05) is 13.1 Å². The number of ether oxygens (including phenoxy) is 1. The van der Waals surface area contributed by atoms with Gasteiger partial charge in [0.2, 0.25) is 10.0 Å².